The van der Waals surface area contributed by atoms with Gasteiger partial charge in [0.05, 0.1) is 0 Å². The molecule has 3 atom stereocenters. The van der Waals surface area contributed by atoms with Crippen LogP contribution in [0.5, 0.6) is 0 Å². The van der Waals surface area contributed by atoms with Gasteiger partial charge in [0.2, 0.25) is 5.91 Å². The van der Waals surface area contributed by atoms with Crippen LogP contribution in [0.15, 0.2) is 0 Å². The summed E-state index contributed by atoms with van der Waals surface area (Å²) >= 11 is 0. The lowest BCUT2D eigenvalue weighted by atomic mass is 9.97. The maximum Gasteiger partial charge on any atom is 0.326 e. The third-order valence-corrected chi connectivity index (χ3v) is 3.23. The SMILES string of the molecule is CC1CCCC1C(=O)NC(CCO)C(=O)O. The number of amides is 1. The predicted molar refractivity (Wildman–Crippen MR) is 57.8 cm³/mol. The first kappa shape index (κ1) is 13.0. The summed E-state index contributed by atoms with van der Waals surface area (Å²) in [7, 11) is 0. The maximum absolute atomic E-state index is 11.8. The summed E-state index contributed by atoms with van der Waals surface area (Å²) in [6, 6.07) is -0.967. The van der Waals surface area contributed by atoms with Crippen molar-refractivity contribution >= 4 is 11.9 Å². The van der Waals surface area contributed by atoms with Gasteiger partial charge in [0.15, 0.2) is 0 Å². The molecular formula is C11H19NO4. The number of carbonyl (C=O) groups is 2. The average molecular weight is 229 g/mol. The minimum Gasteiger partial charge on any atom is -0.480 e. The third kappa shape index (κ3) is 3.20. The van der Waals surface area contributed by atoms with Crippen LogP contribution in [0.25, 0.3) is 0 Å². The number of hydrogen-bond acceptors (Lipinski definition) is 3. The molecule has 0 bridgehead atoms. The summed E-state index contributed by atoms with van der Waals surface area (Å²) in [6.07, 6.45) is 2.94. The fourth-order valence-electron chi connectivity index (χ4n) is 2.20. The van der Waals surface area contributed by atoms with Crippen LogP contribution in [0.4, 0.5) is 0 Å². The van der Waals surface area contributed by atoms with E-state index in [0.717, 1.165) is 19.3 Å². The molecule has 16 heavy (non-hydrogen) atoms. The van der Waals surface area contributed by atoms with E-state index in [1.165, 1.54) is 0 Å². The van der Waals surface area contributed by atoms with Crippen molar-refractivity contribution in [1.82, 2.24) is 5.32 Å². The molecule has 0 aromatic heterocycles. The number of carboxylic acid groups (broad SMARTS) is 1. The molecular weight excluding hydrogens is 210 g/mol. The molecule has 0 aromatic rings. The molecule has 1 aliphatic carbocycles. The lowest BCUT2D eigenvalue weighted by Gasteiger charge is -2.19. The van der Waals surface area contributed by atoms with Crippen LogP contribution in [0, 0.1) is 11.8 Å². The van der Waals surface area contributed by atoms with E-state index in [9.17, 15) is 9.59 Å². The summed E-state index contributed by atoms with van der Waals surface area (Å²) in [5.41, 5.74) is 0. The molecule has 1 fully saturated rings. The van der Waals surface area contributed by atoms with Crippen LogP contribution in [0.2, 0.25) is 0 Å². The number of carbonyl (C=O) groups excluding carboxylic acids is 1. The number of hydrogen-bond donors (Lipinski definition) is 3. The van der Waals surface area contributed by atoms with Crippen molar-refractivity contribution < 1.29 is 19.8 Å². The second-order valence-corrected chi connectivity index (χ2v) is 4.43. The molecule has 3 unspecified atom stereocenters. The van der Waals surface area contributed by atoms with Crippen molar-refractivity contribution in [2.45, 2.75) is 38.6 Å². The van der Waals surface area contributed by atoms with Gasteiger partial charge in [0.25, 0.3) is 0 Å². The highest BCUT2D eigenvalue weighted by molar-refractivity contribution is 5.85. The van der Waals surface area contributed by atoms with Gasteiger partial charge < -0.3 is 15.5 Å². The molecule has 3 N–H and O–H groups in total. The molecule has 5 nitrogen and oxygen atoms in total. The van der Waals surface area contributed by atoms with Crippen LogP contribution >= 0.6 is 0 Å². The Balaban J connectivity index is 2.50. The molecule has 1 rings (SSSR count). The Morgan fingerprint density at radius 2 is 2.12 bits per heavy atom. The van der Waals surface area contributed by atoms with Gasteiger partial charge in [-0.2, -0.15) is 0 Å². The Morgan fingerprint density at radius 3 is 2.56 bits per heavy atom. The minimum atomic E-state index is -1.09. The lowest BCUT2D eigenvalue weighted by Crippen LogP contribution is -2.44. The van der Waals surface area contributed by atoms with Crippen molar-refractivity contribution in [1.29, 1.82) is 0 Å². The second kappa shape index (κ2) is 5.84. The molecule has 0 saturated heterocycles. The zero-order valence-corrected chi connectivity index (χ0v) is 9.48. The van der Waals surface area contributed by atoms with Crippen LogP contribution in [-0.4, -0.2) is 34.7 Å². The minimum absolute atomic E-state index is 0.0577. The standard InChI is InChI=1S/C11H19NO4/c1-7-3-2-4-8(7)10(14)12-9(5-6-13)11(15)16/h7-9,13H,2-6H2,1H3,(H,12,14)(H,15,16). The maximum atomic E-state index is 11.8. The summed E-state index contributed by atoms with van der Waals surface area (Å²) in [4.78, 5) is 22.6. The molecule has 0 aromatic carbocycles. The number of rotatable bonds is 5. The van der Waals surface area contributed by atoms with E-state index in [4.69, 9.17) is 10.2 Å². The van der Waals surface area contributed by atoms with Gasteiger partial charge in [-0.05, 0) is 18.8 Å². The zero-order chi connectivity index (χ0) is 12.1. The molecule has 0 aliphatic heterocycles. The first-order valence-corrected chi connectivity index (χ1v) is 5.70. The van der Waals surface area contributed by atoms with Gasteiger partial charge in [0, 0.05) is 18.9 Å². The normalized spacial score (nSPS) is 26.4. The second-order valence-electron chi connectivity index (χ2n) is 4.43. The summed E-state index contributed by atoms with van der Waals surface area (Å²) in [6.45, 7) is 1.77. The number of carboxylic acids is 1. The fraction of sp³-hybridized carbons (Fsp3) is 0.818. The molecule has 92 valence electrons. The van der Waals surface area contributed by atoms with E-state index in [2.05, 4.69) is 5.32 Å². The topological polar surface area (TPSA) is 86.6 Å². The van der Waals surface area contributed by atoms with E-state index in [0.29, 0.717) is 5.92 Å². The highest BCUT2D eigenvalue weighted by Gasteiger charge is 2.31. The molecule has 1 amide bonds. The van der Waals surface area contributed by atoms with E-state index < -0.39 is 12.0 Å². The van der Waals surface area contributed by atoms with Gasteiger partial charge in [-0.25, -0.2) is 4.79 Å². The summed E-state index contributed by atoms with van der Waals surface area (Å²) < 4.78 is 0. The smallest absolute Gasteiger partial charge is 0.326 e. The van der Waals surface area contributed by atoms with Gasteiger partial charge in [-0.3, -0.25) is 4.79 Å². The van der Waals surface area contributed by atoms with Gasteiger partial charge in [0.1, 0.15) is 6.04 Å². The van der Waals surface area contributed by atoms with E-state index in [-0.39, 0.29) is 24.9 Å². The Hall–Kier alpha value is -1.10. The lowest BCUT2D eigenvalue weighted by molar-refractivity contribution is -0.143. The molecule has 5 heteroatoms. The highest BCUT2D eigenvalue weighted by atomic mass is 16.4. The van der Waals surface area contributed by atoms with Crippen LogP contribution in [0.3, 0.4) is 0 Å². The number of aliphatic hydroxyl groups is 1. The Morgan fingerprint density at radius 1 is 1.44 bits per heavy atom. The van der Waals surface area contributed by atoms with Gasteiger partial charge >= 0.3 is 5.97 Å². The third-order valence-electron chi connectivity index (χ3n) is 3.23. The monoisotopic (exact) mass is 229 g/mol. The summed E-state index contributed by atoms with van der Waals surface area (Å²) in [5, 5.41) is 20.0. The summed E-state index contributed by atoms with van der Waals surface area (Å²) in [5.74, 6) is -1.02. The first-order valence-electron chi connectivity index (χ1n) is 5.70. The van der Waals surface area contributed by atoms with Gasteiger partial charge in [-0.1, -0.05) is 13.3 Å². The average Bonchev–Trinajstić information content (AvgIpc) is 2.63. The van der Waals surface area contributed by atoms with Gasteiger partial charge in [-0.15, -0.1) is 0 Å². The predicted octanol–water partition coefficient (Wildman–Crippen LogP) is 0.374. The Kier molecular flexibility index (Phi) is 4.73. The molecule has 0 heterocycles. The quantitative estimate of drug-likeness (QED) is 0.636. The molecule has 1 aliphatic rings. The van der Waals surface area contributed by atoms with Crippen molar-refractivity contribution in [3.05, 3.63) is 0 Å². The highest BCUT2D eigenvalue weighted by Crippen LogP contribution is 2.31. The Bertz CT molecular complexity index is 267. The van der Waals surface area contributed by atoms with Crippen molar-refractivity contribution in [2.75, 3.05) is 6.61 Å². The van der Waals surface area contributed by atoms with E-state index in [1.54, 1.807) is 0 Å². The van der Waals surface area contributed by atoms with E-state index >= 15 is 0 Å². The number of aliphatic hydroxyl groups excluding tert-OH is 1. The van der Waals surface area contributed by atoms with Crippen molar-refractivity contribution in [3.8, 4) is 0 Å². The number of nitrogens with one attached hydrogen (secondary N) is 1. The van der Waals surface area contributed by atoms with Crippen LogP contribution < -0.4 is 5.32 Å². The van der Waals surface area contributed by atoms with Crippen molar-refractivity contribution in [2.24, 2.45) is 11.8 Å². The molecule has 1 saturated carbocycles. The molecule has 0 radical (unpaired) electrons. The fourth-order valence-corrected chi connectivity index (χ4v) is 2.20. The van der Waals surface area contributed by atoms with Crippen LogP contribution in [-0.2, 0) is 9.59 Å². The van der Waals surface area contributed by atoms with Crippen LogP contribution in [0.1, 0.15) is 32.6 Å². The molecule has 0 spiro atoms. The zero-order valence-electron chi connectivity index (χ0n) is 9.48. The number of aliphatic carboxylic acids is 1. The Labute approximate surface area is 94.8 Å². The van der Waals surface area contributed by atoms with E-state index in [1.807, 2.05) is 6.92 Å². The largest absolute Gasteiger partial charge is 0.480 e. The van der Waals surface area contributed by atoms with Crippen molar-refractivity contribution in [3.63, 3.8) is 0 Å². The first-order chi connectivity index (χ1) is 7.56.